The third-order valence-electron chi connectivity index (χ3n) is 4.48. The van der Waals surface area contributed by atoms with E-state index in [1.165, 1.54) is 4.31 Å². The zero-order valence-corrected chi connectivity index (χ0v) is 16.7. The molecule has 8 nitrogen and oxygen atoms in total. The highest BCUT2D eigenvalue weighted by Gasteiger charge is 2.34. The molecule has 1 aromatic carbocycles. The summed E-state index contributed by atoms with van der Waals surface area (Å²) in [5.74, 6) is 1.79. The van der Waals surface area contributed by atoms with Gasteiger partial charge in [-0.3, -0.25) is 0 Å². The smallest absolute Gasteiger partial charge is 0.243 e. The fourth-order valence-electron chi connectivity index (χ4n) is 2.96. The van der Waals surface area contributed by atoms with Gasteiger partial charge in [-0.05, 0) is 43.2 Å². The van der Waals surface area contributed by atoms with Gasteiger partial charge >= 0.3 is 0 Å². The number of hydrogen-bond donors (Lipinski definition) is 0. The van der Waals surface area contributed by atoms with Crippen LogP contribution in [0.4, 0.5) is 5.82 Å². The van der Waals surface area contributed by atoms with E-state index in [4.69, 9.17) is 9.47 Å². The van der Waals surface area contributed by atoms with E-state index in [0.29, 0.717) is 24.6 Å². The van der Waals surface area contributed by atoms with Gasteiger partial charge in [-0.2, -0.15) is 4.31 Å². The maximum Gasteiger partial charge on any atom is 0.243 e. The van der Waals surface area contributed by atoms with E-state index in [2.05, 4.69) is 10.2 Å². The minimum Gasteiger partial charge on any atom is -0.496 e. The molecule has 0 aliphatic carbocycles. The van der Waals surface area contributed by atoms with Gasteiger partial charge in [0.2, 0.25) is 15.9 Å². The Kier molecular flexibility index (Phi) is 5.52. The molecule has 0 spiro atoms. The molecule has 1 aliphatic heterocycles. The largest absolute Gasteiger partial charge is 0.496 e. The maximum atomic E-state index is 12.9. The van der Waals surface area contributed by atoms with E-state index in [0.717, 1.165) is 11.4 Å². The van der Waals surface area contributed by atoms with Gasteiger partial charge in [-0.25, -0.2) is 8.42 Å². The van der Waals surface area contributed by atoms with Gasteiger partial charge in [0.1, 0.15) is 11.9 Å². The van der Waals surface area contributed by atoms with Crippen LogP contribution in [0.25, 0.3) is 0 Å². The number of aromatic nitrogens is 2. The minimum absolute atomic E-state index is 0.251. The second kappa shape index (κ2) is 7.69. The molecule has 9 heteroatoms. The Bertz CT molecular complexity index is 900. The highest BCUT2D eigenvalue weighted by atomic mass is 32.2. The van der Waals surface area contributed by atoms with Gasteiger partial charge in [0.15, 0.2) is 5.82 Å². The van der Waals surface area contributed by atoms with Crippen LogP contribution in [0.2, 0.25) is 0 Å². The molecule has 0 N–H and O–H groups in total. The van der Waals surface area contributed by atoms with E-state index in [-0.39, 0.29) is 17.5 Å². The molecule has 1 aromatic heterocycles. The summed E-state index contributed by atoms with van der Waals surface area (Å²) in [6.07, 6.45) is 0.351. The van der Waals surface area contributed by atoms with Gasteiger partial charge in [-0.15, -0.1) is 10.2 Å². The number of hydrogen-bond acceptors (Lipinski definition) is 7. The normalized spacial score (nSPS) is 17.7. The van der Waals surface area contributed by atoms with Crippen LogP contribution in [0, 0.1) is 6.92 Å². The molecule has 2 heterocycles. The molecule has 1 unspecified atom stereocenters. The lowest BCUT2D eigenvalue weighted by atomic mass is 10.2. The average Bonchev–Trinajstić information content (AvgIpc) is 3.11. The van der Waals surface area contributed by atoms with Crippen LogP contribution in [0.5, 0.6) is 11.6 Å². The Hall–Kier alpha value is -2.39. The highest BCUT2D eigenvalue weighted by molar-refractivity contribution is 7.89. The highest BCUT2D eigenvalue weighted by Crippen LogP contribution is 2.27. The SMILES string of the molecule is COc1ccc(S(=O)(=O)N2CCC(Oc3ccc(N(C)C)nn3)C2)cc1C. The van der Waals surface area contributed by atoms with Crippen molar-refractivity contribution in [1.29, 1.82) is 0 Å². The third kappa shape index (κ3) is 4.14. The fraction of sp³-hybridized carbons (Fsp3) is 0.444. The van der Waals surface area contributed by atoms with Gasteiger partial charge in [0, 0.05) is 26.7 Å². The Balaban J connectivity index is 1.68. The van der Waals surface area contributed by atoms with Crippen LogP contribution in [-0.4, -0.2) is 63.3 Å². The van der Waals surface area contributed by atoms with Crippen LogP contribution in [0.3, 0.4) is 0 Å². The molecule has 1 atom stereocenters. The van der Waals surface area contributed by atoms with Gasteiger partial charge in [0.25, 0.3) is 0 Å². The van der Waals surface area contributed by atoms with E-state index in [1.807, 2.05) is 32.0 Å². The second-order valence-corrected chi connectivity index (χ2v) is 8.59. The number of aryl methyl sites for hydroxylation is 1. The van der Waals surface area contributed by atoms with Crippen molar-refractivity contribution in [1.82, 2.24) is 14.5 Å². The zero-order chi connectivity index (χ0) is 19.6. The first kappa shape index (κ1) is 19.4. The van der Waals surface area contributed by atoms with Crippen molar-refractivity contribution >= 4 is 15.8 Å². The molecule has 1 fully saturated rings. The van der Waals surface area contributed by atoms with Crippen LogP contribution in [0.15, 0.2) is 35.2 Å². The van der Waals surface area contributed by atoms with Crippen molar-refractivity contribution in [2.45, 2.75) is 24.3 Å². The third-order valence-corrected chi connectivity index (χ3v) is 6.34. The zero-order valence-electron chi connectivity index (χ0n) is 15.9. The number of benzene rings is 1. The van der Waals surface area contributed by atoms with Crippen molar-refractivity contribution < 1.29 is 17.9 Å². The standard InChI is InChI=1S/C18H24N4O4S/c1-13-11-15(5-6-16(13)25-4)27(23,24)22-10-9-14(12-22)26-18-8-7-17(19-20-18)21(2)3/h5-8,11,14H,9-10,12H2,1-4H3. The number of ether oxygens (including phenoxy) is 2. The lowest BCUT2D eigenvalue weighted by Gasteiger charge is -2.18. The van der Waals surface area contributed by atoms with E-state index < -0.39 is 10.0 Å². The summed E-state index contributed by atoms with van der Waals surface area (Å²) in [7, 11) is 1.75. The minimum atomic E-state index is -3.57. The van der Waals surface area contributed by atoms with Crippen molar-refractivity contribution in [2.75, 3.05) is 39.2 Å². The second-order valence-electron chi connectivity index (χ2n) is 6.65. The summed E-state index contributed by atoms with van der Waals surface area (Å²) < 4.78 is 38.3. The molecule has 0 amide bonds. The molecule has 0 saturated carbocycles. The summed E-state index contributed by atoms with van der Waals surface area (Å²) in [6.45, 7) is 2.51. The van der Waals surface area contributed by atoms with E-state index >= 15 is 0 Å². The fourth-order valence-corrected chi connectivity index (χ4v) is 4.53. The summed E-state index contributed by atoms with van der Waals surface area (Å²) in [6, 6.07) is 8.43. The predicted molar refractivity (Wildman–Crippen MR) is 102 cm³/mol. The monoisotopic (exact) mass is 392 g/mol. The molecule has 146 valence electrons. The molecule has 1 saturated heterocycles. The number of sulfonamides is 1. The Morgan fingerprint density at radius 1 is 1.19 bits per heavy atom. The quantitative estimate of drug-likeness (QED) is 0.740. The molecule has 1 aliphatic rings. The number of anilines is 1. The van der Waals surface area contributed by atoms with Gasteiger partial charge in [0.05, 0.1) is 18.6 Å². The summed E-state index contributed by atoms with van der Waals surface area (Å²) >= 11 is 0. The van der Waals surface area contributed by atoms with Gasteiger partial charge < -0.3 is 14.4 Å². The molecule has 0 radical (unpaired) electrons. The average molecular weight is 392 g/mol. The van der Waals surface area contributed by atoms with Crippen LogP contribution < -0.4 is 14.4 Å². The first-order chi connectivity index (χ1) is 12.8. The van der Waals surface area contributed by atoms with Crippen LogP contribution in [-0.2, 0) is 10.0 Å². The Labute approximate surface area is 159 Å². The Morgan fingerprint density at radius 2 is 1.96 bits per heavy atom. The number of rotatable bonds is 6. The molecule has 3 rings (SSSR count). The van der Waals surface area contributed by atoms with Crippen molar-refractivity contribution in [2.24, 2.45) is 0 Å². The van der Waals surface area contributed by atoms with Crippen molar-refractivity contribution in [3.63, 3.8) is 0 Å². The molecular formula is C18H24N4O4S. The van der Waals surface area contributed by atoms with E-state index in [1.54, 1.807) is 31.4 Å². The van der Waals surface area contributed by atoms with Crippen molar-refractivity contribution in [3.05, 3.63) is 35.9 Å². The summed E-state index contributed by atoms with van der Waals surface area (Å²) in [5.41, 5.74) is 0.779. The predicted octanol–water partition coefficient (Wildman–Crippen LogP) is 1.70. The van der Waals surface area contributed by atoms with Gasteiger partial charge in [-0.1, -0.05) is 0 Å². The van der Waals surface area contributed by atoms with E-state index in [9.17, 15) is 8.42 Å². The Morgan fingerprint density at radius 3 is 2.56 bits per heavy atom. The maximum absolute atomic E-state index is 12.9. The lowest BCUT2D eigenvalue weighted by Crippen LogP contribution is -2.31. The van der Waals surface area contributed by atoms with Crippen LogP contribution in [0.1, 0.15) is 12.0 Å². The molecule has 2 aromatic rings. The topological polar surface area (TPSA) is 84.9 Å². The first-order valence-electron chi connectivity index (χ1n) is 8.64. The molecular weight excluding hydrogens is 368 g/mol. The first-order valence-corrected chi connectivity index (χ1v) is 10.1. The molecule has 27 heavy (non-hydrogen) atoms. The summed E-state index contributed by atoms with van der Waals surface area (Å²) in [5, 5.41) is 8.11. The number of nitrogens with zero attached hydrogens (tertiary/aromatic N) is 4. The van der Waals surface area contributed by atoms with Crippen molar-refractivity contribution in [3.8, 4) is 11.6 Å². The van der Waals surface area contributed by atoms with Crippen LogP contribution >= 0.6 is 0 Å². The lowest BCUT2D eigenvalue weighted by molar-refractivity contribution is 0.204. The molecule has 0 bridgehead atoms. The number of methoxy groups -OCH3 is 1. The summed E-state index contributed by atoms with van der Waals surface area (Å²) in [4.78, 5) is 2.11.